The summed E-state index contributed by atoms with van der Waals surface area (Å²) in [6, 6.07) is 5.23. The van der Waals surface area contributed by atoms with E-state index in [0.29, 0.717) is 18.3 Å². The predicted molar refractivity (Wildman–Crippen MR) is 75.8 cm³/mol. The minimum atomic E-state index is -3.41. The molecule has 0 bridgehead atoms. The lowest BCUT2D eigenvalue weighted by Gasteiger charge is -2.15. The van der Waals surface area contributed by atoms with E-state index in [1.54, 1.807) is 25.3 Å². The Morgan fingerprint density at radius 1 is 1.32 bits per heavy atom. The third-order valence-electron chi connectivity index (χ3n) is 2.73. The SMILES string of the molecule is COc1ccc(S(=O)(=O)N(C)C)cc1CNC(C)C. The topological polar surface area (TPSA) is 58.6 Å². The fraction of sp³-hybridized carbons (Fsp3) is 0.538. The minimum absolute atomic E-state index is 0.277. The number of nitrogens with one attached hydrogen (secondary N) is 1. The van der Waals surface area contributed by atoms with Gasteiger partial charge in [-0.1, -0.05) is 13.8 Å². The van der Waals surface area contributed by atoms with Crippen LogP contribution in [0.4, 0.5) is 0 Å². The maximum atomic E-state index is 12.1. The molecular formula is C13H22N2O3S. The number of rotatable bonds is 6. The molecule has 6 heteroatoms. The van der Waals surface area contributed by atoms with E-state index in [-0.39, 0.29) is 4.90 Å². The molecule has 19 heavy (non-hydrogen) atoms. The van der Waals surface area contributed by atoms with Crippen LogP contribution in [0.3, 0.4) is 0 Å². The van der Waals surface area contributed by atoms with Gasteiger partial charge in [-0.05, 0) is 18.2 Å². The van der Waals surface area contributed by atoms with E-state index in [0.717, 1.165) is 5.56 Å². The van der Waals surface area contributed by atoms with Crippen molar-refractivity contribution < 1.29 is 13.2 Å². The van der Waals surface area contributed by atoms with Gasteiger partial charge in [0.2, 0.25) is 10.0 Å². The highest BCUT2D eigenvalue weighted by atomic mass is 32.2. The van der Waals surface area contributed by atoms with Crippen LogP contribution in [0.25, 0.3) is 0 Å². The van der Waals surface area contributed by atoms with E-state index in [1.165, 1.54) is 18.4 Å². The van der Waals surface area contributed by atoms with Gasteiger partial charge >= 0.3 is 0 Å². The molecule has 0 saturated heterocycles. The summed E-state index contributed by atoms with van der Waals surface area (Å²) in [5.41, 5.74) is 0.833. The van der Waals surface area contributed by atoms with Crippen LogP contribution in [0.1, 0.15) is 19.4 Å². The number of hydrogen-bond donors (Lipinski definition) is 1. The molecule has 0 atom stereocenters. The van der Waals surface area contributed by atoms with Gasteiger partial charge < -0.3 is 10.1 Å². The molecular weight excluding hydrogens is 264 g/mol. The van der Waals surface area contributed by atoms with Crippen molar-refractivity contribution in [2.24, 2.45) is 0 Å². The van der Waals surface area contributed by atoms with Crippen molar-refractivity contribution in [3.8, 4) is 5.75 Å². The van der Waals surface area contributed by atoms with Crippen LogP contribution in [0.5, 0.6) is 5.75 Å². The van der Waals surface area contributed by atoms with Crippen molar-refractivity contribution in [3.63, 3.8) is 0 Å². The molecule has 5 nitrogen and oxygen atoms in total. The smallest absolute Gasteiger partial charge is 0.242 e. The summed E-state index contributed by atoms with van der Waals surface area (Å²) in [5, 5.41) is 3.26. The van der Waals surface area contributed by atoms with Gasteiger partial charge in [-0.15, -0.1) is 0 Å². The zero-order chi connectivity index (χ0) is 14.6. The number of sulfonamides is 1. The highest BCUT2D eigenvalue weighted by Crippen LogP contribution is 2.23. The lowest BCUT2D eigenvalue weighted by atomic mass is 10.2. The number of ether oxygens (including phenoxy) is 1. The zero-order valence-electron chi connectivity index (χ0n) is 12.1. The Bertz CT molecular complexity index is 525. The van der Waals surface area contributed by atoms with E-state index in [9.17, 15) is 8.42 Å². The molecule has 0 aliphatic carbocycles. The fourth-order valence-electron chi connectivity index (χ4n) is 1.58. The first-order valence-corrected chi connectivity index (χ1v) is 7.56. The van der Waals surface area contributed by atoms with Crippen LogP contribution < -0.4 is 10.1 Å². The van der Waals surface area contributed by atoms with Crippen LogP contribution in [0, 0.1) is 0 Å². The molecule has 1 aromatic rings. The fourth-order valence-corrected chi connectivity index (χ4v) is 2.53. The van der Waals surface area contributed by atoms with E-state index < -0.39 is 10.0 Å². The third kappa shape index (κ3) is 3.92. The average Bonchev–Trinajstić information content (AvgIpc) is 2.35. The molecule has 0 unspecified atom stereocenters. The number of hydrogen-bond acceptors (Lipinski definition) is 4. The third-order valence-corrected chi connectivity index (χ3v) is 4.54. The summed E-state index contributed by atoms with van der Waals surface area (Å²) in [6.45, 7) is 4.64. The Balaban J connectivity index is 3.15. The quantitative estimate of drug-likeness (QED) is 0.860. The summed E-state index contributed by atoms with van der Waals surface area (Å²) in [7, 11) is 1.20. The monoisotopic (exact) mass is 286 g/mol. The molecule has 0 spiro atoms. The van der Waals surface area contributed by atoms with Gasteiger partial charge in [0.05, 0.1) is 12.0 Å². The van der Waals surface area contributed by atoms with Gasteiger partial charge in [-0.2, -0.15) is 0 Å². The summed E-state index contributed by atoms with van der Waals surface area (Å²) >= 11 is 0. The van der Waals surface area contributed by atoms with Gasteiger partial charge in [0, 0.05) is 32.2 Å². The maximum Gasteiger partial charge on any atom is 0.242 e. The van der Waals surface area contributed by atoms with Crippen molar-refractivity contribution in [1.29, 1.82) is 0 Å². The lowest BCUT2D eigenvalue weighted by Crippen LogP contribution is -2.24. The molecule has 0 saturated carbocycles. The normalized spacial score (nSPS) is 12.2. The first-order chi connectivity index (χ1) is 8.78. The van der Waals surface area contributed by atoms with Gasteiger partial charge in [0.15, 0.2) is 0 Å². The van der Waals surface area contributed by atoms with Crippen molar-refractivity contribution in [1.82, 2.24) is 9.62 Å². The van der Waals surface area contributed by atoms with E-state index in [2.05, 4.69) is 5.32 Å². The number of benzene rings is 1. The summed E-state index contributed by atoms with van der Waals surface area (Å²) in [6.07, 6.45) is 0. The van der Waals surface area contributed by atoms with Crippen LogP contribution in [-0.4, -0.2) is 40.0 Å². The molecule has 1 N–H and O–H groups in total. The molecule has 0 aromatic heterocycles. The van der Waals surface area contributed by atoms with Crippen molar-refractivity contribution in [2.75, 3.05) is 21.2 Å². The number of nitrogens with zero attached hydrogens (tertiary/aromatic N) is 1. The molecule has 0 aliphatic heterocycles. The molecule has 0 radical (unpaired) electrons. The van der Waals surface area contributed by atoms with Crippen LogP contribution in [0.15, 0.2) is 23.1 Å². The van der Waals surface area contributed by atoms with Gasteiger partial charge in [0.1, 0.15) is 5.75 Å². The Labute approximate surface area is 115 Å². The summed E-state index contributed by atoms with van der Waals surface area (Å²) in [4.78, 5) is 0.277. The Morgan fingerprint density at radius 2 is 1.95 bits per heavy atom. The highest BCUT2D eigenvalue weighted by molar-refractivity contribution is 7.89. The Hall–Kier alpha value is -1.11. The Morgan fingerprint density at radius 3 is 2.42 bits per heavy atom. The lowest BCUT2D eigenvalue weighted by molar-refractivity contribution is 0.406. The first-order valence-electron chi connectivity index (χ1n) is 6.12. The maximum absolute atomic E-state index is 12.1. The van der Waals surface area contributed by atoms with E-state index in [4.69, 9.17) is 4.74 Å². The molecule has 108 valence electrons. The summed E-state index contributed by atoms with van der Waals surface area (Å²) in [5.74, 6) is 0.686. The van der Waals surface area contributed by atoms with Gasteiger partial charge in [0.25, 0.3) is 0 Å². The van der Waals surface area contributed by atoms with Gasteiger partial charge in [-0.25, -0.2) is 12.7 Å². The van der Waals surface area contributed by atoms with Crippen molar-refractivity contribution in [3.05, 3.63) is 23.8 Å². The van der Waals surface area contributed by atoms with Crippen LogP contribution in [0.2, 0.25) is 0 Å². The minimum Gasteiger partial charge on any atom is -0.496 e. The van der Waals surface area contributed by atoms with Crippen molar-refractivity contribution >= 4 is 10.0 Å². The molecule has 0 amide bonds. The largest absolute Gasteiger partial charge is 0.496 e. The average molecular weight is 286 g/mol. The predicted octanol–water partition coefficient (Wildman–Crippen LogP) is 1.44. The number of methoxy groups -OCH3 is 1. The van der Waals surface area contributed by atoms with E-state index in [1.807, 2.05) is 13.8 Å². The van der Waals surface area contributed by atoms with Gasteiger partial charge in [-0.3, -0.25) is 0 Å². The second-order valence-corrected chi connectivity index (χ2v) is 6.95. The second kappa shape index (κ2) is 6.36. The van der Waals surface area contributed by atoms with Crippen LogP contribution in [-0.2, 0) is 16.6 Å². The molecule has 0 heterocycles. The summed E-state index contributed by atoms with van der Waals surface area (Å²) < 4.78 is 30.6. The molecule has 0 aliphatic rings. The Kier molecular flexibility index (Phi) is 5.34. The standard InChI is InChI=1S/C13H22N2O3S/c1-10(2)14-9-11-8-12(6-7-13(11)18-5)19(16,17)15(3)4/h6-8,10,14H,9H2,1-5H3. The zero-order valence-corrected chi connectivity index (χ0v) is 12.9. The van der Waals surface area contributed by atoms with E-state index >= 15 is 0 Å². The molecule has 0 fully saturated rings. The second-order valence-electron chi connectivity index (χ2n) is 4.80. The highest BCUT2D eigenvalue weighted by Gasteiger charge is 2.18. The van der Waals surface area contributed by atoms with Crippen molar-refractivity contribution in [2.45, 2.75) is 31.3 Å². The first kappa shape index (κ1) is 15.9. The molecule has 1 rings (SSSR count). The molecule has 1 aromatic carbocycles. The van der Waals surface area contributed by atoms with Crippen LogP contribution >= 0.6 is 0 Å².